The highest BCUT2D eigenvalue weighted by Crippen LogP contribution is 2.22. The topological polar surface area (TPSA) is 37.0 Å². The molecule has 0 amide bonds. The van der Waals surface area contributed by atoms with Gasteiger partial charge in [-0.2, -0.15) is 0 Å². The van der Waals surface area contributed by atoms with Crippen molar-refractivity contribution >= 4 is 39.9 Å². The van der Waals surface area contributed by atoms with Crippen molar-refractivity contribution in [2.75, 3.05) is 17.7 Å². The average Bonchev–Trinajstić information content (AvgIpc) is 2.35. The molecule has 6 heteroatoms. The lowest BCUT2D eigenvalue weighted by Gasteiger charge is -2.09. The van der Waals surface area contributed by atoms with Crippen LogP contribution in [0.1, 0.15) is 0 Å². The third-order valence-electron chi connectivity index (χ3n) is 2.27. The molecule has 1 aromatic heterocycles. The molecule has 0 fully saturated rings. The predicted molar refractivity (Wildman–Crippen MR) is 76.1 cm³/mol. The highest BCUT2D eigenvalue weighted by Gasteiger charge is 2.10. The van der Waals surface area contributed by atoms with E-state index in [0.29, 0.717) is 5.69 Å². The molecule has 94 valence electrons. The summed E-state index contributed by atoms with van der Waals surface area (Å²) in [6.45, 7) is 0. The largest absolute Gasteiger partial charge is 0.371 e. The lowest BCUT2D eigenvalue weighted by Crippen LogP contribution is -2.03. The average molecular weight is 361 g/mol. The van der Waals surface area contributed by atoms with Crippen LogP contribution in [-0.4, -0.2) is 12.0 Å². The van der Waals surface area contributed by atoms with E-state index >= 15 is 0 Å². The normalized spacial score (nSPS) is 10.2. The van der Waals surface area contributed by atoms with Gasteiger partial charge in [0.15, 0.2) is 23.3 Å². The van der Waals surface area contributed by atoms with Gasteiger partial charge in [0, 0.05) is 22.4 Å². The molecule has 0 aliphatic rings. The summed E-state index contributed by atoms with van der Waals surface area (Å²) in [5, 5.41) is 5.37. The molecule has 0 saturated heterocycles. The number of nitrogens with zero attached hydrogens (tertiary/aromatic N) is 1. The number of hydrogen-bond donors (Lipinski definition) is 2. The Balaban J connectivity index is 2.31. The highest BCUT2D eigenvalue weighted by atomic mass is 127. The van der Waals surface area contributed by atoms with Crippen molar-refractivity contribution in [3.8, 4) is 0 Å². The Labute approximate surface area is 117 Å². The molecule has 0 aliphatic carbocycles. The fraction of sp³-hybridized carbons (Fsp3) is 0.0833. The Bertz CT molecular complexity index is 558. The first-order chi connectivity index (χ1) is 8.60. The van der Waals surface area contributed by atoms with Gasteiger partial charge in [0.25, 0.3) is 0 Å². The van der Waals surface area contributed by atoms with Crippen molar-refractivity contribution in [3.63, 3.8) is 0 Å². The summed E-state index contributed by atoms with van der Waals surface area (Å²) >= 11 is 2.17. The molecule has 0 saturated carbocycles. The smallest absolute Gasteiger partial charge is 0.169 e. The molecule has 0 bridgehead atoms. The second-order valence-electron chi connectivity index (χ2n) is 3.53. The molecule has 0 spiro atoms. The van der Waals surface area contributed by atoms with E-state index in [1.54, 1.807) is 12.1 Å². The van der Waals surface area contributed by atoms with Crippen molar-refractivity contribution in [1.82, 2.24) is 4.98 Å². The van der Waals surface area contributed by atoms with Crippen LogP contribution in [0.25, 0.3) is 0 Å². The van der Waals surface area contributed by atoms with E-state index in [9.17, 15) is 8.78 Å². The summed E-state index contributed by atoms with van der Waals surface area (Å²) in [7, 11) is 1.53. The first kappa shape index (κ1) is 13.0. The van der Waals surface area contributed by atoms with Gasteiger partial charge in [0.2, 0.25) is 0 Å². The Morgan fingerprint density at radius 1 is 1.06 bits per heavy atom. The number of anilines is 3. The van der Waals surface area contributed by atoms with Gasteiger partial charge in [-0.25, -0.2) is 13.8 Å². The standard InChI is InChI=1S/C12H10F2IN3/c1-16-11-9(13)6-10(14)12(18-11)17-8-4-2-7(15)3-5-8/h2-6H,1H3,(H2,16,17,18). The van der Waals surface area contributed by atoms with Gasteiger partial charge in [0.1, 0.15) is 0 Å². The van der Waals surface area contributed by atoms with Crippen LogP contribution in [0.15, 0.2) is 30.3 Å². The number of benzene rings is 1. The van der Waals surface area contributed by atoms with E-state index in [4.69, 9.17) is 0 Å². The van der Waals surface area contributed by atoms with Crippen LogP contribution >= 0.6 is 22.6 Å². The Morgan fingerprint density at radius 2 is 1.67 bits per heavy atom. The minimum atomic E-state index is -0.731. The predicted octanol–water partition coefficient (Wildman–Crippen LogP) is 3.75. The number of pyridine rings is 1. The summed E-state index contributed by atoms with van der Waals surface area (Å²) in [5.41, 5.74) is 0.690. The minimum Gasteiger partial charge on any atom is -0.371 e. The molecular formula is C12H10F2IN3. The molecular weight excluding hydrogens is 351 g/mol. The number of aromatic nitrogens is 1. The van der Waals surface area contributed by atoms with Gasteiger partial charge >= 0.3 is 0 Å². The van der Waals surface area contributed by atoms with E-state index in [0.717, 1.165) is 9.64 Å². The third-order valence-corrected chi connectivity index (χ3v) is 2.99. The van der Waals surface area contributed by atoms with Crippen LogP contribution in [0.3, 0.4) is 0 Å². The van der Waals surface area contributed by atoms with E-state index < -0.39 is 11.6 Å². The molecule has 0 atom stereocenters. The van der Waals surface area contributed by atoms with Gasteiger partial charge in [-0.05, 0) is 46.9 Å². The molecule has 0 unspecified atom stereocenters. The van der Waals surface area contributed by atoms with Gasteiger partial charge in [-0.3, -0.25) is 0 Å². The molecule has 1 heterocycles. The maximum Gasteiger partial charge on any atom is 0.169 e. The first-order valence-electron chi connectivity index (χ1n) is 5.16. The van der Waals surface area contributed by atoms with E-state index in [1.165, 1.54) is 7.05 Å². The zero-order chi connectivity index (χ0) is 13.1. The second-order valence-corrected chi connectivity index (χ2v) is 4.78. The molecule has 0 aliphatic heterocycles. The number of halogens is 3. The molecule has 2 N–H and O–H groups in total. The fourth-order valence-electron chi connectivity index (χ4n) is 1.40. The molecule has 2 aromatic rings. The van der Waals surface area contributed by atoms with E-state index in [2.05, 4.69) is 38.2 Å². The van der Waals surface area contributed by atoms with Crippen LogP contribution in [-0.2, 0) is 0 Å². The first-order valence-corrected chi connectivity index (χ1v) is 6.24. The minimum absolute atomic E-state index is 0.00408. The molecule has 3 nitrogen and oxygen atoms in total. The zero-order valence-electron chi connectivity index (χ0n) is 9.47. The van der Waals surface area contributed by atoms with Gasteiger partial charge in [-0.1, -0.05) is 0 Å². The Morgan fingerprint density at radius 3 is 2.28 bits per heavy atom. The summed E-state index contributed by atoms with van der Waals surface area (Å²) in [6.07, 6.45) is 0. The van der Waals surface area contributed by atoms with Crippen LogP contribution in [0.5, 0.6) is 0 Å². The summed E-state index contributed by atoms with van der Waals surface area (Å²) in [4.78, 5) is 3.83. The zero-order valence-corrected chi connectivity index (χ0v) is 11.6. The highest BCUT2D eigenvalue weighted by molar-refractivity contribution is 14.1. The van der Waals surface area contributed by atoms with Crippen molar-refractivity contribution in [2.45, 2.75) is 0 Å². The lowest BCUT2D eigenvalue weighted by molar-refractivity contribution is 0.580. The Kier molecular flexibility index (Phi) is 3.95. The van der Waals surface area contributed by atoms with E-state index in [-0.39, 0.29) is 11.6 Å². The fourth-order valence-corrected chi connectivity index (χ4v) is 1.76. The molecule has 1 aromatic carbocycles. The SMILES string of the molecule is CNc1nc(Nc2ccc(I)cc2)c(F)cc1F. The van der Waals surface area contributed by atoms with Gasteiger partial charge in [0.05, 0.1) is 0 Å². The monoisotopic (exact) mass is 361 g/mol. The molecule has 0 radical (unpaired) electrons. The van der Waals surface area contributed by atoms with Crippen LogP contribution < -0.4 is 10.6 Å². The van der Waals surface area contributed by atoms with Gasteiger partial charge in [-0.15, -0.1) is 0 Å². The summed E-state index contributed by atoms with van der Waals surface area (Å²) in [6, 6.07) is 8.15. The quantitative estimate of drug-likeness (QED) is 0.818. The Hall–Kier alpha value is -1.44. The van der Waals surface area contributed by atoms with Gasteiger partial charge < -0.3 is 10.6 Å². The van der Waals surface area contributed by atoms with Crippen molar-refractivity contribution < 1.29 is 8.78 Å². The maximum atomic E-state index is 13.5. The summed E-state index contributed by atoms with van der Waals surface area (Å²) in [5.74, 6) is -1.46. The van der Waals surface area contributed by atoms with Crippen LogP contribution in [0.2, 0.25) is 0 Å². The molecule has 18 heavy (non-hydrogen) atoms. The summed E-state index contributed by atoms with van der Waals surface area (Å²) < 4.78 is 27.8. The number of rotatable bonds is 3. The number of hydrogen-bond acceptors (Lipinski definition) is 3. The maximum absolute atomic E-state index is 13.5. The third kappa shape index (κ3) is 2.87. The van der Waals surface area contributed by atoms with Crippen molar-refractivity contribution in [2.24, 2.45) is 0 Å². The molecule has 2 rings (SSSR count). The lowest BCUT2D eigenvalue weighted by atomic mass is 10.3. The van der Waals surface area contributed by atoms with Crippen LogP contribution in [0, 0.1) is 15.2 Å². The second kappa shape index (κ2) is 5.47. The van der Waals surface area contributed by atoms with Crippen LogP contribution in [0.4, 0.5) is 26.1 Å². The van der Waals surface area contributed by atoms with E-state index in [1.807, 2.05) is 12.1 Å². The van der Waals surface area contributed by atoms with Crippen molar-refractivity contribution in [3.05, 3.63) is 45.5 Å². The number of nitrogens with one attached hydrogen (secondary N) is 2. The van der Waals surface area contributed by atoms with Crippen molar-refractivity contribution in [1.29, 1.82) is 0 Å².